The Labute approximate surface area is 163 Å². The number of nitrogens with one attached hydrogen (secondary N) is 1. The van der Waals surface area contributed by atoms with E-state index in [0.717, 1.165) is 29.1 Å². The van der Waals surface area contributed by atoms with Crippen molar-refractivity contribution in [2.75, 3.05) is 11.9 Å². The molecule has 1 atom stereocenters. The van der Waals surface area contributed by atoms with E-state index in [0.29, 0.717) is 22.2 Å². The fraction of sp³-hybridized carbons (Fsp3) is 0.333. The zero-order valence-corrected chi connectivity index (χ0v) is 16.7. The lowest BCUT2D eigenvalue weighted by Gasteiger charge is -2.33. The second kappa shape index (κ2) is 7.65. The maximum Gasteiger partial charge on any atom is 0.253 e. The number of anilines is 1. The highest BCUT2D eigenvalue weighted by Gasteiger charge is 2.38. The Balaban J connectivity index is 1.86. The highest BCUT2D eigenvalue weighted by molar-refractivity contribution is 7.91. The lowest BCUT2D eigenvalue weighted by atomic mass is 10.0. The van der Waals surface area contributed by atoms with E-state index >= 15 is 0 Å². The maximum absolute atomic E-state index is 12.9. The zero-order chi connectivity index (χ0) is 18.9. The Morgan fingerprint density at radius 3 is 2.69 bits per heavy atom. The van der Waals surface area contributed by atoms with E-state index in [4.69, 9.17) is 17.3 Å². The number of thiophene rings is 2. The van der Waals surface area contributed by atoms with Crippen LogP contribution in [-0.4, -0.2) is 37.1 Å². The normalized spacial score (nSPS) is 18.6. The highest BCUT2D eigenvalue weighted by atomic mass is 35.5. The van der Waals surface area contributed by atoms with Crippen LogP contribution < -0.4 is 11.1 Å². The van der Waals surface area contributed by atoms with E-state index in [1.54, 1.807) is 5.38 Å². The predicted molar refractivity (Wildman–Crippen MR) is 102 cm³/mol. The van der Waals surface area contributed by atoms with Crippen molar-refractivity contribution in [2.24, 2.45) is 5.73 Å². The van der Waals surface area contributed by atoms with Crippen molar-refractivity contribution in [1.82, 2.24) is 4.31 Å². The molecule has 2 aromatic heterocycles. The number of carbonyl (C=O) groups is 2. The van der Waals surface area contributed by atoms with E-state index in [1.807, 2.05) is 0 Å². The average Bonchev–Trinajstić information content (AvgIpc) is 3.24. The van der Waals surface area contributed by atoms with Crippen molar-refractivity contribution < 1.29 is 18.0 Å². The molecule has 0 spiro atoms. The predicted octanol–water partition coefficient (Wildman–Crippen LogP) is 2.74. The Hall–Kier alpha value is -1.46. The van der Waals surface area contributed by atoms with Crippen LogP contribution in [0.25, 0.3) is 0 Å². The number of hydrogen-bond acceptors (Lipinski definition) is 6. The second-order valence-corrected chi connectivity index (χ2v) is 10.5. The maximum atomic E-state index is 12.9. The van der Waals surface area contributed by atoms with E-state index in [1.165, 1.54) is 22.5 Å². The van der Waals surface area contributed by atoms with Gasteiger partial charge in [0.1, 0.15) is 15.3 Å². The summed E-state index contributed by atoms with van der Waals surface area (Å²) in [4.78, 5) is 24.2. The van der Waals surface area contributed by atoms with Gasteiger partial charge in [-0.3, -0.25) is 9.59 Å². The first-order valence-electron chi connectivity index (χ1n) is 7.76. The first kappa shape index (κ1) is 19.3. The summed E-state index contributed by atoms with van der Waals surface area (Å²) in [5, 5.41) is 4.61. The molecule has 0 aliphatic carbocycles. The van der Waals surface area contributed by atoms with Crippen molar-refractivity contribution in [3.05, 3.63) is 33.5 Å². The lowest BCUT2D eigenvalue weighted by molar-refractivity contribution is -0.120. The monoisotopic (exact) mass is 433 g/mol. The summed E-state index contributed by atoms with van der Waals surface area (Å²) in [6.07, 6.45) is 1.82. The van der Waals surface area contributed by atoms with Crippen LogP contribution in [0.3, 0.4) is 0 Å². The average molecular weight is 434 g/mol. The summed E-state index contributed by atoms with van der Waals surface area (Å²) in [5.41, 5.74) is 5.49. The topological polar surface area (TPSA) is 110 Å². The molecule has 0 saturated carbocycles. The van der Waals surface area contributed by atoms with Crippen molar-refractivity contribution in [3.63, 3.8) is 0 Å². The molecule has 0 aromatic carbocycles. The van der Waals surface area contributed by atoms with E-state index in [-0.39, 0.29) is 16.3 Å². The smallest absolute Gasteiger partial charge is 0.253 e. The number of piperidine rings is 1. The largest absolute Gasteiger partial charge is 0.366 e. The number of carbonyl (C=O) groups excluding carboxylic acids is 2. The SMILES string of the molecule is NC(=O)c1ccsc1NC(=O)C1CCCCN1S(=O)(=O)c1ccc(Cl)s1. The van der Waals surface area contributed by atoms with Gasteiger partial charge in [0.15, 0.2) is 0 Å². The first-order valence-corrected chi connectivity index (χ1v) is 11.3. The van der Waals surface area contributed by atoms with Gasteiger partial charge < -0.3 is 11.1 Å². The molecule has 2 aromatic rings. The molecule has 140 valence electrons. The molecule has 3 N–H and O–H groups in total. The fourth-order valence-corrected chi connectivity index (χ4v) is 6.87. The van der Waals surface area contributed by atoms with Crippen LogP contribution in [0, 0.1) is 0 Å². The molecule has 1 fully saturated rings. The molecule has 3 rings (SSSR count). The molecular weight excluding hydrogens is 418 g/mol. The minimum Gasteiger partial charge on any atom is -0.366 e. The van der Waals surface area contributed by atoms with Crippen LogP contribution in [-0.2, 0) is 14.8 Å². The number of hydrogen-bond donors (Lipinski definition) is 2. The van der Waals surface area contributed by atoms with Gasteiger partial charge in [-0.15, -0.1) is 22.7 Å². The van der Waals surface area contributed by atoms with Gasteiger partial charge in [0, 0.05) is 6.54 Å². The second-order valence-electron chi connectivity index (χ2n) is 5.70. The molecule has 2 amide bonds. The summed E-state index contributed by atoms with van der Waals surface area (Å²) < 4.78 is 27.5. The minimum absolute atomic E-state index is 0.108. The Kier molecular flexibility index (Phi) is 5.68. The number of sulfonamides is 1. The van der Waals surface area contributed by atoms with Gasteiger partial charge in [-0.1, -0.05) is 18.0 Å². The summed E-state index contributed by atoms with van der Waals surface area (Å²) in [5.74, 6) is -1.12. The van der Waals surface area contributed by atoms with Crippen molar-refractivity contribution in [1.29, 1.82) is 0 Å². The molecule has 7 nitrogen and oxygen atoms in total. The quantitative estimate of drug-likeness (QED) is 0.755. The minimum atomic E-state index is -3.82. The Morgan fingerprint density at radius 1 is 1.27 bits per heavy atom. The molecule has 1 aliphatic rings. The standard InChI is InChI=1S/C15H16ClN3O4S3/c16-11-4-5-12(25-11)26(22,23)19-7-2-1-3-10(19)14(21)18-15-9(13(17)20)6-8-24-15/h4-6,8,10H,1-3,7H2,(H2,17,20)(H,18,21). The number of amides is 2. The van der Waals surface area contributed by atoms with Crippen LogP contribution in [0.1, 0.15) is 29.6 Å². The lowest BCUT2D eigenvalue weighted by Crippen LogP contribution is -2.49. The number of nitrogens with two attached hydrogens (primary N) is 1. The van der Waals surface area contributed by atoms with Crippen LogP contribution in [0.15, 0.2) is 27.8 Å². The molecule has 1 aliphatic heterocycles. The fourth-order valence-electron chi connectivity index (χ4n) is 2.80. The number of rotatable bonds is 5. The first-order chi connectivity index (χ1) is 12.3. The van der Waals surface area contributed by atoms with Gasteiger partial charge in [-0.2, -0.15) is 4.31 Å². The molecule has 1 unspecified atom stereocenters. The van der Waals surface area contributed by atoms with Crippen LogP contribution in [0.5, 0.6) is 0 Å². The molecular formula is C15H16ClN3O4S3. The van der Waals surface area contributed by atoms with Gasteiger partial charge in [0.2, 0.25) is 5.91 Å². The molecule has 11 heteroatoms. The molecule has 0 radical (unpaired) electrons. The third-order valence-electron chi connectivity index (χ3n) is 4.04. The third kappa shape index (κ3) is 3.79. The third-order valence-corrected chi connectivity index (χ3v) is 8.47. The Morgan fingerprint density at radius 2 is 2.04 bits per heavy atom. The number of nitrogens with zero attached hydrogens (tertiary/aromatic N) is 1. The van der Waals surface area contributed by atoms with Gasteiger partial charge >= 0.3 is 0 Å². The van der Waals surface area contributed by atoms with Crippen molar-refractivity contribution in [2.45, 2.75) is 29.5 Å². The summed E-state index contributed by atoms with van der Waals surface area (Å²) in [7, 11) is -3.82. The Bertz CT molecular complexity index is 938. The zero-order valence-electron chi connectivity index (χ0n) is 13.5. The molecule has 3 heterocycles. The summed E-state index contributed by atoms with van der Waals surface area (Å²) in [6, 6.07) is 3.63. The van der Waals surface area contributed by atoms with Crippen LogP contribution >= 0.6 is 34.3 Å². The molecule has 0 bridgehead atoms. The number of primary amides is 1. The van der Waals surface area contributed by atoms with Gasteiger partial charge in [0.25, 0.3) is 15.9 Å². The summed E-state index contributed by atoms with van der Waals surface area (Å²) in [6.45, 7) is 0.253. The van der Waals surface area contributed by atoms with Crippen LogP contribution in [0.4, 0.5) is 5.00 Å². The van der Waals surface area contributed by atoms with Gasteiger partial charge in [-0.25, -0.2) is 8.42 Å². The van der Waals surface area contributed by atoms with E-state index < -0.39 is 27.9 Å². The van der Waals surface area contributed by atoms with Gasteiger partial charge in [0.05, 0.1) is 9.90 Å². The highest BCUT2D eigenvalue weighted by Crippen LogP contribution is 2.32. The summed E-state index contributed by atoms with van der Waals surface area (Å²) >= 11 is 7.98. The molecule has 26 heavy (non-hydrogen) atoms. The van der Waals surface area contributed by atoms with Gasteiger partial charge in [-0.05, 0) is 36.4 Å². The van der Waals surface area contributed by atoms with E-state index in [2.05, 4.69) is 5.32 Å². The van der Waals surface area contributed by atoms with E-state index in [9.17, 15) is 18.0 Å². The number of halogens is 1. The van der Waals surface area contributed by atoms with Crippen molar-refractivity contribution in [3.8, 4) is 0 Å². The van der Waals surface area contributed by atoms with Crippen molar-refractivity contribution >= 4 is 61.1 Å². The van der Waals surface area contributed by atoms with Crippen LogP contribution in [0.2, 0.25) is 4.34 Å². The molecule has 1 saturated heterocycles.